The minimum atomic E-state index is -0.569. The average molecular weight is 434 g/mol. The van der Waals surface area contributed by atoms with Crippen LogP contribution in [0.1, 0.15) is 12.5 Å². The van der Waals surface area contributed by atoms with E-state index in [0.29, 0.717) is 21.4 Å². The summed E-state index contributed by atoms with van der Waals surface area (Å²) in [6, 6.07) is 12.6. The number of hydrogen-bond donors (Lipinski definition) is 0. The first-order chi connectivity index (χ1) is 13.4. The number of thioether (sulfide) groups is 1. The molecule has 0 unspecified atom stereocenters. The van der Waals surface area contributed by atoms with E-state index in [2.05, 4.69) is 0 Å². The molecule has 1 aliphatic heterocycles. The highest BCUT2D eigenvalue weighted by molar-refractivity contribution is 7.98. The predicted molar refractivity (Wildman–Crippen MR) is 115 cm³/mol. The van der Waals surface area contributed by atoms with Gasteiger partial charge >= 0.3 is 5.97 Å². The quantitative estimate of drug-likeness (QED) is 0.358. The summed E-state index contributed by atoms with van der Waals surface area (Å²) < 4.78 is 4.92. The van der Waals surface area contributed by atoms with Crippen molar-refractivity contribution in [3.05, 3.63) is 74.9 Å². The van der Waals surface area contributed by atoms with E-state index in [1.54, 1.807) is 43.0 Å². The van der Waals surface area contributed by atoms with E-state index in [4.69, 9.17) is 27.9 Å². The number of esters is 1. The molecule has 1 amide bonds. The molecule has 144 valence electrons. The summed E-state index contributed by atoms with van der Waals surface area (Å²) in [4.78, 5) is 28.2. The Balaban J connectivity index is 2.11. The van der Waals surface area contributed by atoms with Crippen LogP contribution in [0.25, 0.3) is 6.08 Å². The molecule has 0 N–H and O–H groups in total. The van der Waals surface area contributed by atoms with Crippen molar-refractivity contribution in [2.24, 2.45) is 0 Å². The molecule has 0 saturated carbocycles. The SMILES string of the molecule is COC(=O)C1=C(C)N(c2ccc(Cl)c(Cl)c2)C(=O)/C1=C\c1ccc(SC)cc1. The summed E-state index contributed by atoms with van der Waals surface area (Å²) in [5.74, 6) is -0.898. The molecule has 0 saturated heterocycles. The summed E-state index contributed by atoms with van der Waals surface area (Å²) in [6.07, 6.45) is 3.68. The van der Waals surface area contributed by atoms with E-state index < -0.39 is 5.97 Å². The van der Waals surface area contributed by atoms with E-state index in [0.717, 1.165) is 10.5 Å². The van der Waals surface area contributed by atoms with Crippen LogP contribution in [0, 0.1) is 0 Å². The van der Waals surface area contributed by atoms with Crippen LogP contribution in [0.3, 0.4) is 0 Å². The average Bonchev–Trinajstić information content (AvgIpc) is 2.94. The highest BCUT2D eigenvalue weighted by Gasteiger charge is 2.38. The number of halogens is 2. The molecule has 0 bridgehead atoms. The normalized spacial score (nSPS) is 15.5. The first-order valence-electron chi connectivity index (χ1n) is 8.32. The maximum absolute atomic E-state index is 13.2. The third-order valence-electron chi connectivity index (χ3n) is 4.38. The van der Waals surface area contributed by atoms with Gasteiger partial charge in [0.05, 0.1) is 34.0 Å². The van der Waals surface area contributed by atoms with Crippen LogP contribution in [0.15, 0.2) is 64.2 Å². The second-order valence-electron chi connectivity index (χ2n) is 6.02. The van der Waals surface area contributed by atoms with Crippen molar-refractivity contribution in [2.45, 2.75) is 11.8 Å². The molecule has 2 aromatic carbocycles. The smallest absolute Gasteiger partial charge is 0.340 e. The Morgan fingerprint density at radius 1 is 1.11 bits per heavy atom. The summed E-state index contributed by atoms with van der Waals surface area (Å²) in [5.41, 5.74) is 2.31. The van der Waals surface area contributed by atoms with Crippen LogP contribution in [0.4, 0.5) is 5.69 Å². The maximum Gasteiger partial charge on any atom is 0.340 e. The first kappa shape index (κ1) is 20.5. The summed E-state index contributed by atoms with van der Waals surface area (Å²) in [7, 11) is 1.29. The van der Waals surface area contributed by atoms with Gasteiger partial charge in [-0.15, -0.1) is 11.8 Å². The van der Waals surface area contributed by atoms with Gasteiger partial charge in [0.2, 0.25) is 0 Å². The fourth-order valence-electron chi connectivity index (χ4n) is 2.98. The third-order valence-corrected chi connectivity index (χ3v) is 5.86. The Labute approximate surface area is 177 Å². The molecule has 0 aromatic heterocycles. The highest BCUT2D eigenvalue weighted by atomic mass is 35.5. The number of carbonyl (C=O) groups excluding carboxylic acids is 2. The number of hydrogen-bond acceptors (Lipinski definition) is 4. The van der Waals surface area contributed by atoms with Crippen molar-refractivity contribution in [3.63, 3.8) is 0 Å². The van der Waals surface area contributed by atoms with Crippen LogP contribution in [-0.4, -0.2) is 25.2 Å². The number of nitrogens with zero attached hydrogens (tertiary/aromatic N) is 1. The lowest BCUT2D eigenvalue weighted by Gasteiger charge is -2.18. The third kappa shape index (κ3) is 3.83. The lowest BCUT2D eigenvalue weighted by atomic mass is 10.0. The lowest BCUT2D eigenvalue weighted by molar-refractivity contribution is -0.136. The van der Waals surface area contributed by atoms with Crippen molar-refractivity contribution in [2.75, 3.05) is 18.3 Å². The first-order valence-corrected chi connectivity index (χ1v) is 10.3. The van der Waals surface area contributed by atoms with Crippen molar-refractivity contribution in [3.8, 4) is 0 Å². The zero-order chi connectivity index (χ0) is 20.4. The molecule has 0 spiro atoms. The molecular formula is C21H17Cl2NO3S. The van der Waals surface area contributed by atoms with E-state index in [1.165, 1.54) is 12.0 Å². The number of allylic oxidation sites excluding steroid dienone is 1. The van der Waals surface area contributed by atoms with Crippen molar-refractivity contribution in [1.29, 1.82) is 0 Å². The molecule has 1 aliphatic rings. The van der Waals surface area contributed by atoms with Crippen LogP contribution < -0.4 is 4.90 Å². The molecule has 4 nitrogen and oxygen atoms in total. The second-order valence-corrected chi connectivity index (χ2v) is 7.72. The number of rotatable bonds is 4. The van der Waals surface area contributed by atoms with Crippen LogP contribution in [0.2, 0.25) is 10.0 Å². The van der Waals surface area contributed by atoms with Gasteiger partial charge in [-0.05, 0) is 55.2 Å². The fourth-order valence-corrected chi connectivity index (χ4v) is 3.68. The van der Waals surface area contributed by atoms with Gasteiger partial charge in [-0.3, -0.25) is 9.69 Å². The molecular weight excluding hydrogens is 417 g/mol. The Morgan fingerprint density at radius 3 is 2.36 bits per heavy atom. The van der Waals surface area contributed by atoms with Gasteiger partial charge in [0, 0.05) is 10.6 Å². The monoisotopic (exact) mass is 433 g/mol. The van der Waals surface area contributed by atoms with Crippen molar-refractivity contribution >= 4 is 58.6 Å². The Bertz CT molecular complexity index is 1010. The van der Waals surface area contributed by atoms with E-state index in [-0.39, 0.29) is 17.1 Å². The number of amides is 1. The van der Waals surface area contributed by atoms with Crippen molar-refractivity contribution in [1.82, 2.24) is 0 Å². The second kappa shape index (κ2) is 8.43. The topological polar surface area (TPSA) is 46.6 Å². The summed E-state index contributed by atoms with van der Waals surface area (Å²) in [5, 5.41) is 0.709. The van der Waals surface area contributed by atoms with Gasteiger partial charge in [0.1, 0.15) is 0 Å². The van der Waals surface area contributed by atoms with Gasteiger partial charge in [-0.1, -0.05) is 35.3 Å². The predicted octanol–water partition coefficient (Wildman–Crippen LogP) is 5.59. The van der Waals surface area contributed by atoms with Gasteiger partial charge in [-0.2, -0.15) is 0 Å². The molecule has 1 heterocycles. The number of carbonyl (C=O) groups is 2. The standard InChI is InChI=1S/C21H17Cl2NO3S/c1-12-19(21(26)27-2)16(10-13-4-7-15(28-3)8-5-13)20(25)24(12)14-6-9-17(22)18(23)11-14/h4-11H,1-3H3/b16-10-. The Hall–Kier alpha value is -2.21. The van der Waals surface area contributed by atoms with Gasteiger partial charge in [0.25, 0.3) is 5.91 Å². The zero-order valence-corrected chi connectivity index (χ0v) is 17.8. The number of benzene rings is 2. The minimum absolute atomic E-state index is 0.229. The molecule has 0 aliphatic carbocycles. The molecule has 0 fully saturated rings. The molecule has 2 aromatic rings. The number of methoxy groups -OCH3 is 1. The van der Waals surface area contributed by atoms with E-state index >= 15 is 0 Å². The van der Waals surface area contributed by atoms with Crippen molar-refractivity contribution < 1.29 is 14.3 Å². The van der Waals surface area contributed by atoms with Crippen LogP contribution >= 0.6 is 35.0 Å². The molecule has 28 heavy (non-hydrogen) atoms. The highest BCUT2D eigenvalue weighted by Crippen LogP contribution is 2.37. The summed E-state index contributed by atoms with van der Waals surface area (Å²) in [6.45, 7) is 1.70. The van der Waals surface area contributed by atoms with Gasteiger partial charge in [0.15, 0.2) is 0 Å². The Kier molecular flexibility index (Phi) is 6.18. The Morgan fingerprint density at radius 2 is 1.79 bits per heavy atom. The van der Waals surface area contributed by atoms with Crippen LogP contribution in [-0.2, 0) is 14.3 Å². The largest absolute Gasteiger partial charge is 0.465 e. The van der Waals surface area contributed by atoms with E-state index in [9.17, 15) is 9.59 Å². The lowest BCUT2D eigenvalue weighted by Crippen LogP contribution is -2.24. The zero-order valence-electron chi connectivity index (χ0n) is 15.5. The van der Waals surface area contributed by atoms with Gasteiger partial charge in [-0.25, -0.2) is 4.79 Å². The summed E-state index contributed by atoms with van der Waals surface area (Å²) >= 11 is 13.7. The number of anilines is 1. The minimum Gasteiger partial charge on any atom is -0.465 e. The molecule has 7 heteroatoms. The molecule has 0 radical (unpaired) electrons. The maximum atomic E-state index is 13.2. The van der Waals surface area contributed by atoms with Crippen LogP contribution in [0.5, 0.6) is 0 Å². The molecule has 3 rings (SSSR count). The number of ether oxygens (including phenoxy) is 1. The van der Waals surface area contributed by atoms with E-state index in [1.807, 2.05) is 30.5 Å². The molecule has 0 atom stereocenters. The van der Waals surface area contributed by atoms with Gasteiger partial charge < -0.3 is 4.74 Å². The fraction of sp³-hybridized carbons (Fsp3) is 0.143.